The molecule has 2 heterocycles. The maximum Gasteiger partial charge on any atom is 0.220 e. The predicted molar refractivity (Wildman–Crippen MR) is 111 cm³/mol. The van der Waals surface area contributed by atoms with E-state index in [1.165, 1.54) is 16.0 Å². The number of aryl methyl sites for hydroxylation is 1. The summed E-state index contributed by atoms with van der Waals surface area (Å²) < 4.78 is 3.27. The van der Waals surface area contributed by atoms with Crippen molar-refractivity contribution in [1.29, 1.82) is 0 Å². The van der Waals surface area contributed by atoms with Crippen molar-refractivity contribution >= 4 is 27.5 Å². The Kier molecular flexibility index (Phi) is 6.26. The van der Waals surface area contributed by atoms with E-state index in [1.54, 1.807) is 11.3 Å². The van der Waals surface area contributed by atoms with Crippen LogP contribution in [0.2, 0.25) is 0 Å². The van der Waals surface area contributed by atoms with Crippen molar-refractivity contribution in [2.45, 2.75) is 53.5 Å². The molecule has 0 saturated carbocycles. The fourth-order valence-corrected chi connectivity index (χ4v) is 4.25. The normalized spacial score (nSPS) is 11.4. The number of nitrogens with one attached hydrogen (secondary N) is 1. The lowest BCUT2D eigenvalue weighted by Gasteiger charge is -2.08. The maximum atomic E-state index is 12.2. The minimum atomic E-state index is 0.0894. The van der Waals surface area contributed by atoms with Gasteiger partial charge in [-0.3, -0.25) is 9.48 Å². The average Bonchev–Trinajstić information content (AvgIpc) is 3.13. The summed E-state index contributed by atoms with van der Waals surface area (Å²) >= 11 is 1.70. The van der Waals surface area contributed by atoms with Crippen LogP contribution in [0.1, 0.15) is 42.2 Å². The van der Waals surface area contributed by atoms with Gasteiger partial charge in [0.2, 0.25) is 5.91 Å². The first-order valence-electron chi connectivity index (χ1n) is 9.58. The van der Waals surface area contributed by atoms with Gasteiger partial charge in [0.1, 0.15) is 0 Å². The lowest BCUT2D eigenvalue weighted by Crippen LogP contribution is -2.26. The van der Waals surface area contributed by atoms with Crippen LogP contribution in [-0.4, -0.2) is 27.2 Å². The third kappa shape index (κ3) is 4.95. The Balaban J connectivity index is 1.48. The van der Waals surface area contributed by atoms with Gasteiger partial charge >= 0.3 is 0 Å². The zero-order chi connectivity index (χ0) is 19.4. The highest BCUT2D eigenvalue weighted by Gasteiger charge is 2.14. The molecule has 144 valence electrons. The Morgan fingerprint density at radius 1 is 1.22 bits per heavy atom. The molecule has 6 heteroatoms. The largest absolute Gasteiger partial charge is 0.356 e. The highest BCUT2D eigenvalue weighted by molar-refractivity contribution is 7.18. The number of amides is 1. The lowest BCUT2D eigenvalue weighted by atomic mass is 10.1. The molecule has 0 spiro atoms. The van der Waals surface area contributed by atoms with Crippen LogP contribution in [0.3, 0.4) is 0 Å². The molecule has 0 atom stereocenters. The molecule has 0 aliphatic heterocycles. The molecule has 0 bridgehead atoms. The van der Waals surface area contributed by atoms with Crippen LogP contribution in [-0.2, 0) is 24.2 Å². The molecular weight excluding hydrogens is 356 g/mol. The quantitative estimate of drug-likeness (QED) is 0.637. The monoisotopic (exact) mass is 384 g/mol. The second-order valence-electron chi connectivity index (χ2n) is 7.40. The Morgan fingerprint density at radius 2 is 2.00 bits per heavy atom. The number of rotatable bonds is 8. The molecular formula is C21H28N4OS. The summed E-state index contributed by atoms with van der Waals surface area (Å²) in [5.41, 5.74) is 4.46. The number of thiazole rings is 1. The Morgan fingerprint density at radius 3 is 2.74 bits per heavy atom. The van der Waals surface area contributed by atoms with E-state index in [0.717, 1.165) is 35.6 Å². The summed E-state index contributed by atoms with van der Waals surface area (Å²) in [7, 11) is 0. The summed E-state index contributed by atoms with van der Waals surface area (Å²) in [6.07, 6.45) is 2.01. The van der Waals surface area contributed by atoms with Crippen LogP contribution in [0.15, 0.2) is 24.3 Å². The first kappa shape index (κ1) is 19.5. The fourth-order valence-electron chi connectivity index (χ4n) is 3.28. The van der Waals surface area contributed by atoms with Crippen molar-refractivity contribution in [3.8, 4) is 0 Å². The Labute approximate surface area is 164 Å². The van der Waals surface area contributed by atoms with E-state index >= 15 is 0 Å². The van der Waals surface area contributed by atoms with Gasteiger partial charge in [-0.2, -0.15) is 5.10 Å². The lowest BCUT2D eigenvalue weighted by molar-refractivity contribution is -0.121. The summed E-state index contributed by atoms with van der Waals surface area (Å²) in [6, 6.07) is 8.14. The summed E-state index contributed by atoms with van der Waals surface area (Å²) in [6.45, 7) is 10.1. The van der Waals surface area contributed by atoms with Crippen molar-refractivity contribution in [1.82, 2.24) is 20.1 Å². The summed E-state index contributed by atoms with van der Waals surface area (Å²) in [4.78, 5) is 16.8. The van der Waals surface area contributed by atoms with Crippen LogP contribution in [0, 0.1) is 19.8 Å². The molecule has 27 heavy (non-hydrogen) atoms. The van der Waals surface area contributed by atoms with Crippen LogP contribution >= 0.6 is 11.3 Å². The van der Waals surface area contributed by atoms with Crippen molar-refractivity contribution in [3.05, 3.63) is 46.2 Å². The number of hydrogen-bond donors (Lipinski definition) is 1. The Bertz CT molecular complexity index is 893. The van der Waals surface area contributed by atoms with Gasteiger partial charge in [-0.25, -0.2) is 4.98 Å². The van der Waals surface area contributed by atoms with Crippen LogP contribution < -0.4 is 5.32 Å². The molecule has 0 unspecified atom stereocenters. The number of carbonyl (C=O) groups excluding carboxylic acids is 1. The van der Waals surface area contributed by atoms with Crippen LogP contribution in [0.4, 0.5) is 0 Å². The third-order valence-electron chi connectivity index (χ3n) is 4.67. The Hall–Kier alpha value is -2.21. The first-order chi connectivity index (χ1) is 12.9. The maximum absolute atomic E-state index is 12.2. The summed E-state index contributed by atoms with van der Waals surface area (Å²) in [5.74, 6) is 0.646. The standard InChI is InChI=1S/C21H28N4OS/c1-14(2)13-25-16(4)17(15(3)24-25)9-10-20(26)22-12-11-21-23-18-7-5-6-8-19(18)27-21/h5-8,14H,9-13H2,1-4H3,(H,22,26). The van der Waals surface area contributed by atoms with Gasteiger partial charge in [0, 0.05) is 31.6 Å². The number of fused-ring (bicyclic) bond motifs is 1. The topological polar surface area (TPSA) is 59.8 Å². The molecule has 1 N–H and O–H groups in total. The smallest absolute Gasteiger partial charge is 0.220 e. The molecule has 2 aromatic heterocycles. The van der Waals surface area contributed by atoms with E-state index in [1.807, 2.05) is 25.1 Å². The molecule has 1 aromatic carbocycles. The number of hydrogen-bond acceptors (Lipinski definition) is 4. The van der Waals surface area contributed by atoms with E-state index in [0.29, 0.717) is 18.9 Å². The van der Waals surface area contributed by atoms with Gasteiger partial charge in [-0.15, -0.1) is 11.3 Å². The van der Waals surface area contributed by atoms with E-state index in [4.69, 9.17) is 0 Å². The van der Waals surface area contributed by atoms with E-state index in [-0.39, 0.29) is 5.91 Å². The molecule has 0 radical (unpaired) electrons. The van der Waals surface area contributed by atoms with Gasteiger partial charge < -0.3 is 5.32 Å². The number of aromatic nitrogens is 3. The van der Waals surface area contributed by atoms with Crippen molar-refractivity contribution in [3.63, 3.8) is 0 Å². The van der Waals surface area contributed by atoms with Gasteiger partial charge in [0.25, 0.3) is 0 Å². The summed E-state index contributed by atoms with van der Waals surface area (Å²) in [5, 5.41) is 8.72. The number of benzene rings is 1. The molecule has 0 saturated heterocycles. The fraction of sp³-hybridized carbons (Fsp3) is 0.476. The first-order valence-corrected chi connectivity index (χ1v) is 10.4. The predicted octanol–water partition coefficient (Wildman–Crippen LogP) is 4.06. The molecule has 5 nitrogen and oxygen atoms in total. The molecule has 0 fully saturated rings. The minimum absolute atomic E-state index is 0.0894. The van der Waals surface area contributed by atoms with Gasteiger partial charge in [-0.05, 0) is 43.9 Å². The minimum Gasteiger partial charge on any atom is -0.356 e. The van der Waals surface area contributed by atoms with Crippen molar-refractivity contribution < 1.29 is 4.79 Å². The molecule has 3 rings (SSSR count). The van der Waals surface area contributed by atoms with Crippen molar-refractivity contribution in [2.24, 2.45) is 5.92 Å². The number of nitrogens with zero attached hydrogens (tertiary/aromatic N) is 3. The number of para-hydroxylation sites is 1. The number of carbonyl (C=O) groups is 1. The van der Waals surface area contributed by atoms with E-state index in [2.05, 4.69) is 46.9 Å². The SMILES string of the molecule is Cc1nn(CC(C)C)c(C)c1CCC(=O)NCCc1nc2ccccc2s1. The molecule has 3 aromatic rings. The van der Waals surface area contributed by atoms with Gasteiger partial charge in [0.05, 0.1) is 20.9 Å². The highest BCUT2D eigenvalue weighted by atomic mass is 32.1. The second kappa shape index (κ2) is 8.65. The van der Waals surface area contributed by atoms with Crippen LogP contribution in [0.25, 0.3) is 10.2 Å². The van der Waals surface area contributed by atoms with Gasteiger partial charge in [-0.1, -0.05) is 26.0 Å². The molecule has 0 aliphatic rings. The molecule has 1 amide bonds. The molecule has 0 aliphatic carbocycles. The van der Waals surface area contributed by atoms with E-state index in [9.17, 15) is 4.79 Å². The average molecular weight is 385 g/mol. The van der Waals surface area contributed by atoms with Gasteiger partial charge in [0.15, 0.2) is 0 Å². The zero-order valence-electron chi connectivity index (χ0n) is 16.6. The third-order valence-corrected chi connectivity index (χ3v) is 5.77. The van der Waals surface area contributed by atoms with Crippen LogP contribution in [0.5, 0.6) is 0 Å². The van der Waals surface area contributed by atoms with Crippen molar-refractivity contribution in [2.75, 3.05) is 6.54 Å². The highest BCUT2D eigenvalue weighted by Crippen LogP contribution is 2.21. The zero-order valence-corrected chi connectivity index (χ0v) is 17.4. The second-order valence-corrected chi connectivity index (χ2v) is 8.52. The van der Waals surface area contributed by atoms with E-state index < -0.39 is 0 Å².